The first-order chi connectivity index (χ1) is 4.98. The average molecular weight is 166 g/mol. The van der Waals surface area contributed by atoms with E-state index >= 15 is 0 Å². The van der Waals surface area contributed by atoms with Crippen LogP contribution >= 0.6 is 0 Å². The first-order valence-corrected chi connectivity index (χ1v) is 3.57. The number of carboxylic acid groups (broad SMARTS) is 1. The van der Waals surface area contributed by atoms with E-state index in [0.717, 1.165) is 0 Å². The summed E-state index contributed by atoms with van der Waals surface area (Å²) in [7, 11) is 0. The molecule has 0 atom stereocenters. The summed E-state index contributed by atoms with van der Waals surface area (Å²) in [6.07, 6.45) is -0.837. The van der Waals surface area contributed by atoms with Crippen LogP contribution < -0.4 is 0 Å². The third kappa shape index (κ3) is 5.76. The molecule has 0 spiro atoms. The van der Waals surface area contributed by atoms with Crippen molar-refractivity contribution in [2.45, 2.75) is 38.5 Å². The molecule has 0 aromatic carbocycles. The maximum Gasteiger partial charge on any atom is 0.303 e. The summed E-state index contributed by atoms with van der Waals surface area (Å²) in [6.45, 7) is 1.65. The van der Waals surface area contributed by atoms with Crippen molar-refractivity contribution in [1.82, 2.24) is 0 Å². The molecule has 2 nitrogen and oxygen atoms in total. The van der Waals surface area contributed by atoms with Crippen LogP contribution in [0.25, 0.3) is 0 Å². The monoisotopic (exact) mass is 166 g/mol. The first-order valence-electron chi connectivity index (χ1n) is 3.57. The Hall–Kier alpha value is -0.670. The molecule has 0 aromatic rings. The van der Waals surface area contributed by atoms with Crippen LogP contribution in [-0.2, 0) is 4.79 Å². The largest absolute Gasteiger partial charge is 0.481 e. The van der Waals surface area contributed by atoms with Gasteiger partial charge in [-0.15, -0.1) is 0 Å². The highest BCUT2D eigenvalue weighted by atomic mass is 19.3. The second kappa shape index (κ2) is 4.26. The number of alkyl halides is 2. The lowest BCUT2D eigenvalue weighted by atomic mass is 10.1. The van der Waals surface area contributed by atoms with Crippen molar-refractivity contribution in [3.8, 4) is 0 Å². The number of carbonyl (C=O) groups is 1. The molecule has 0 saturated carbocycles. The number of hydrogen-bond donors (Lipinski definition) is 1. The van der Waals surface area contributed by atoms with Gasteiger partial charge < -0.3 is 5.11 Å². The van der Waals surface area contributed by atoms with Crippen molar-refractivity contribution in [3.05, 3.63) is 0 Å². The molecule has 0 saturated heterocycles. The molecule has 0 bridgehead atoms. The molecule has 0 aliphatic rings. The summed E-state index contributed by atoms with van der Waals surface area (Å²) in [4.78, 5) is 9.92. The van der Waals surface area contributed by atoms with Gasteiger partial charge in [0.25, 0.3) is 0 Å². The van der Waals surface area contributed by atoms with Gasteiger partial charge in [-0.2, -0.15) is 0 Å². The second-order valence-corrected chi connectivity index (χ2v) is 2.50. The van der Waals surface area contributed by atoms with Gasteiger partial charge in [-0.25, -0.2) is 8.78 Å². The van der Waals surface area contributed by atoms with Crippen molar-refractivity contribution in [1.29, 1.82) is 0 Å². The van der Waals surface area contributed by atoms with Crippen molar-refractivity contribution >= 4 is 5.97 Å². The van der Waals surface area contributed by atoms with Crippen LogP contribution in [0.3, 0.4) is 0 Å². The lowest BCUT2D eigenvalue weighted by Gasteiger charge is -2.12. The molecule has 66 valence electrons. The highest BCUT2D eigenvalue weighted by Crippen LogP contribution is 2.25. The molecule has 4 heteroatoms. The molecule has 0 aromatic heterocycles. The standard InChI is InChI=1S/C7H12F2O2/c1-2-4-7(8,9)5-3-6(10)11/h2-5H2,1H3,(H,10,11). The van der Waals surface area contributed by atoms with Crippen LogP contribution in [-0.4, -0.2) is 17.0 Å². The third-order valence-corrected chi connectivity index (χ3v) is 1.32. The Labute approximate surface area is 64.2 Å². The molecule has 0 radical (unpaired) electrons. The summed E-state index contributed by atoms with van der Waals surface area (Å²) in [5.74, 6) is -3.96. The Kier molecular flexibility index (Phi) is 4.00. The van der Waals surface area contributed by atoms with E-state index < -0.39 is 24.7 Å². The average Bonchev–Trinajstić information content (AvgIpc) is 1.84. The van der Waals surface area contributed by atoms with Gasteiger partial charge in [-0.3, -0.25) is 4.79 Å². The van der Waals surface area contributed by atoms with Gasteiger partial charge in [0.05, 0.1) is 6.42 Å². The van der Waals surface area contributed by atoms with Crippen molar-refractivity contribution in [2.75, 3.05) is 0 Å². The van der Waals surface area contributed by atoms with Gasteiger partial charge in [0.1, 0.15) is 0 Å². The van der Waals surface area contributed by atoms with Crippen LogP contribution in [0.2, 0.25) is 0 Å². The van der Waals surface area contributed by atoms with Crippen LogP contribution in [0.15, 0.2) is 0 Å². The highest BCUT2D eigenvalue weighted by molar-refractivity contribution is 5.66. The summed E-state index contributed by atoms with van der Waals surface area (Å²) in [6, 6.07) is 0. The molecular weight excluding hydrogens is 154 g/mol. The molecule has 0 amide bonds. The van der Waals surface area contributed by atoms with Gasteiger partial charge in [0, 0.05) is 12.8 Å². The zero-order valence-electron chi connectivity index (χ0n) is 6.44. The lowest BCUT2D eigenvalue weighted by molar-refractivity contribution is -0.139. The van der Waals surface area contributed by atoms with Crippen molar-refractivity contribution in [3.63, 3.8) is 0 Å². The quantitative estimate of drug-likeness (QED) is 0.680. The predicted molar refractivity (Wildman–Crippen MR) is 36.7 cm³/mol. The summed E-state index contributed by atoms with van der Waals surface area (Å²) in [5.41, 5.74) is 0. The maximum atomic E-state index is 12.5. The first kappa shape index (κ1) is 10.3. The third-order valence-electron chi connectivity index (χ3n) is 1.32. The van der Waals surface area contributed by atoms with Gasteiger partial charge in [0.2, 0.25) is 5.92 Å². The van der Waals surface area contributed by atoms with E-state index in [9.17, 15) is 13.6 Å². The number of carboxylic acids is 1. The summed E-state index contributed by atoms with van der Waals surface area (Å²) in [5, 5.41) is 8.11. The van der Waals surface area contributed by atoms with Gasteiger partial charge in [-0.05, 0) is 0 Å². The van der Waals surface area contributed by atoms with Gasteiger partial charge in [-0.1, -0.05) is 13.3 Å². The Balaban J connectivity index is 3.63. The van der Waals surface area contributed by atoms with Crippen LogP contribution in [0.4, 0.5) is 8.78 Å². The topological polar surface area (TPSA) is 37.3 Å². The SMILES string of the molecule is CCCC(F)(F)CCC(=O)O. The molecule has 11 heavy (non-hydrogen) atoms. The lowest BCUT2D eigenvalue weighted by Crippen LogP contribution is -2.16. The fourth-order valence-corrected chi connectivity index (χ4v) is 0.781. The van der Waals surface area contributed by atoms with Gasteiger partial charge in [0.15, 0.2) is 0 Å². The summed E-state index contributed by atoms with van der Waals surface area (Å²) < 4.78 is 25.0. The fraction of sp³-hybridized carbons (Fsp3) is 0.857. The normalized spacial score (nSPS) is 11.5. The predicted octanol–water partition coefficient (Wildman–Crippen LogP) is 2.29. The van der Waals surface area contributed by atoms with E-state index in [2.05, 4.69) is 0 Å². The number of halogens is 2. The molecule has 0 aliphatic carbocycles. The molecular formula is C7H12F2O2. The molecule has 0 unspecified atom stereocenters. The molecule has 0 rings (SSSR count). The maximum absolute atomic E-state index is 12.5. The zero-order valence-corrected chi connectivity index (χ0v) is 6.44. The molecule has 0 aliphatic heterocycles. The second-order valence-electron chi connectivity index (χ2n) is 2.50. The Morgan fingerprint density at radius 1 is 1.45 bits per heavy atom. The fourth-order valence-electron chi connectivity index (χ4n) is 0.781. The van der Waals surface area contributed by atoms with E-state index in [1.807, 2.05) is 0 Å². The van der Waals surface area contributed by atoms with Gasteiger partial charge >= 0.3 is 5.97 Å². The molecule has 1 N–H and O–H groups in total. The Morgan fingerprint density at radius 3 is 2.36 bits per heavy atom. The Morgan fingerprint density at radius 2 is 2.00 bits per heavy atom. The number of aliphatic carboxylic acids is 1. The Bertz CT molecular complexity index is 134. The van der Waals surface area contributed by atoms with Crippen LogP contribution in [0.5, 0.6) is 0 Å². The summed E-state index contributed by atoms with van der Waals surface area (Å²) >= 11 is 0. The van der Waals surface area contributed by atoms with E-state index in [0.29, 0.717) is 6.42 Å². The van der Waals surface area contributed by atoms with Crippen molar-refractivity contribution in [2.24, 2.45) is 0 Å². The highest BCUT2D eigenvalue weighted by Gasteiger charge is 2.27. The van der Waals surface area contributed by atoms with Crippen molar-refractivity contribution < 1.29 is 18.7 Å². The minimum atomic E-state index is -2.80. The zero-order chi connectivity index (χ0) is 8.91. The molecule has 0 fully saturated rings. The van der Waals surface area contributed by atoms with E-state index in [1.54, 1.807) is 6.92 Å². The number of hydrogen-bond acceptors (Lipinski definition) is 1. The minimum absolute atomic E-state index is 0.222. The van der Waals surface area contributed by atoms with E-state index in [4.69, 9.17) is 5.11 Å². The van der Waals surface area contributed by atoms with Crippen LogP contribution in [0.1, 0.15) is 32.6 Å². The van der Waals surface area contributed by atoms with Crippen LogP contribution in [0, 0.1) is 0 Å². The van der Waals surface area contributed by atoms with E-state index in [-0.39, 0.29) is 6.42 Å². The molecule has 0 heterocycles. The minimum Gasteiger partial charge on any atom is -0.481 e. The smallest absolute Gasteiger partial charge is 0.303 e. The number of rotatable bonds is 5. The van der Waals surface area contributed by atoms with E-state index in [1.165, 1.54) is 0 Å².